The van der Waals surface area contributed by atoms with Gasteiger partial charge in [-0.1, -0.05) is 24.3 Å². The van der Waals surface area contributed by atoms with Crippen molar-refractivity contribution in [2.45, 2.75) is 31.9 Å². The predicted molar refractivity (Wildman–Crippen MR) is 93.5 cm³/mol. The summed E-state index contributed by atoms with van der Waals surface area (Å²) in [6, 6.07) is 11.1. The van der Waals surface area contributed by atoms with Crippen molar-refractivity contribution in [2.24, 2.45) is 0 Å². The molecule has 1 N–H and O–H groups in total. The van der Waals surface area contributed by atoms with E-state index in [0.29, 0.717) is 31.0 Å². The minimum absolute atomic E-state index is 0.0399. The SMILES string of the molecule is Cc1[nH]nc(-c2ccc(S(=O)(=O)N3CCc4ccccc4C3)o2)c1C. The number of aromatic amines is 1. The van der Waals surface area contributed by atoms with E-state index in [9.17, 15) is 8.42 Å². The number of benzene rings is 1. The fourth-order valence-corrected chi connectivity index (χ4v) is 4.44. The number of sulfonamides is 1. The van der Waals surface area contributed by atoms with E-state index in [2.05, 4.69) is 10.2 Å². The molecular formula is C18H19N3O3S. The summed E-state index contributed by atoms with van der Waals surface area (Å²) < 4.78 is 33.0. The van der Waals surface area contributed by atoms with Gasteiger partial charge in [-0.25, -0.2) is 8.42 Å². The van der Waals surface area contributed by atoms with Gasteiger partial charge in [0.25, 0.3) is 10.0 Å². The first kappa shape index (κ1) is 16.1. The average molecular weight is 357 g/mol. The summed E-state index contributed by atoms with van der Waals surface area (Å²) in [6.07, 6.45) is 0.709. The van der Waals surface area contributed by atoms with Crippen LogP contribution < -0.4 is 0 Å². The van der Waals surface area contributed by atoms with E-state index >= 15 is 0 Å². The maximum absolute atomic E-state index is 12.9. The number of aromatic nitrogens is 2. The minimum atomic E-state index is -3.67. The molecule has 0 bridgehead atoms. The van der Waals surface area contributed by atoms with Gasteiger partial charge < -0.3 is 4.42 Å². The highest BCUT2D eigenvalue weighted by Crippen LogP contribution is 2.30. The summed E-state index contributed by atoms with van der Waals surface area (Å²) in [7, 11) is -3.67. The van der Waals surface area contributed by atoms with E-state index in [0.717, 1.165) is 16.8 Å². The van der Waals surface area contributed by atoms with Crippen LogP contribution in [0.2, 0.25) is 0 Å². The number of furan rings is 1. The molecule has 0 unspecified atom stereocenters. The molecule has 2 aromatic heterocycles. The van der Waals surface area contributed by atoms with Crippen LogP contribution in [0.4, 0.5) is 0 Å². The predicted octanol–water partition coefficient (Wildman–Crippen LogP) is 3.03. The zero-order chi connectivity index (χ0) is 17.6. The summed E-state index contributed by atoms with van der Waals surface area (Å²) >= 11 is 0. The molecular weight excluding hydrogens is 338 g/mol. The number of H-pyrrole nitrogens is 1. The standard InChI is InChI=1S/C18H19N3O3S/c1-12-13(2)19-20-18(12)16-7-8-17(24-16)25(22,23)21-10-9-14-5-3-4-6-15(14)11-21/h3-8H,9-11H2,1-2H3,(H,19,20). The van der Waals surface area contributed by atoms with E-state index in [4.69, 9.17) is 4.42 Å². The van der Waals surface area contributed by atoms with Gasteiger partial charge in [-0.15, -0.1) is 0 Å². The van der Waals surface area contributed by atoms with Crippen LogP contribution in [0.1, 0.15) is 22.4 Å². The lowest BCUT2D eigenvalue weighted by Crippen LogP contribution is -2.35. The maximum atomic E-state index is 12.9. The van der Waals surface area contributed by atoms with Crippen molar-refractivity contribution in [1.29, 1.82) is 0 Å². The molecule has 0 saturated carbocycles. The van der Waals surface area contributed by atoms with Crippen molar-refractivity contribution in [3.8, 4) is 11.5 Å². The minimum Gasteiger partial charge on any atom is -0.442 e. The van der Waals surface area contributed by atoms with Crippen LogP contribution in [0.3, 0.4) is 0 Å². The summed E-state index contributed by atoms with van der Waals surface area (Å²) in [6.45, 7) is 4.66. The second-order valence-electron chi connectivity index (χ2n) is 6.30. The van der Waals surface area contributed by atoms with Gasteiger partial charge >= 0.3 is 0 Å². The Bertz CT molecular complexity index is 1030. The van der Waals surface area contributed by atoms with Crippen LogP contribution in [0.5, 0.6) is 0 Å². The van der Waals surface area contributed by atoms with Gasteiger partial charge in [0.2, 0.25) is 5.09 Å². The molecule has 0 atom stereocenters. The number of rotatable bonds is 3. The molecule has 6 nitrogen and oxygen atoms in total. The fourth-order valence-electron chi connectivity index (χ4n) is 3.11. The lowest BCUT2D eigenvalue weighted by atomic mass is 10.0. The van der Waals surface area contributed by atoms with Gasteiger partial charge in [0.15, 0.2) is 5.76 Å². The Hall–Kier alpha value is -2.38. The lowest BCUT2D eigenvalue weighted by Gasteiger charge is -2.27. The third kappa shape index (κ3) is 2.69. The molecule has 0 saturated heterocycles. The molecule has 3 aromatic rings. The molecule has 0 aliphatic carbocycles. The lowest BCUT2D eigenvalue weighted by molar-refractivity contribution is 0.367. The molecule has 7 heteroatoms. The van der Waals surface area contributed by atoms with Crippen LogP contribution in [0.25, 0.3) is 11.5 Å². The van der Waals surface area contributed by atoms with Crippen LogP contribution in [-0.4, -0.2) is 29.5 Å². The second-order valence-corrected chi connectivity index (χ2v) is 8.17. The van der Waals surface area contributed by atoms with Gasteiger partial charge in [-0.05, 0) is 43.5 Å². The van der Waals surface area contributed by atoms with E-state index in [1.54, 1.807) is 6.07 Å². The van der Waals surface area contributed by atoms with Gasteiger partial charge in [-0.2, -0.15) is 9.40 Å². The van der Waals surface area contributed by atoms with Crippen molar-refractivity contribution in [3.05, 3.63) is 58.8 Å². The van der Waals surface area contributed by atoms with E-state index in [1.165, 1.54) is 15.9 Å². The summed E-state index contributed by atoms with van der Waals surface area (Å²) in [5, 5.41) is 7.04. The summed E-state index contributed by atoms with van der Waals surface area (Å²) in [5.41, 5.74) is 4.77. The molecule has 1 aliphatic heterocycles. The number of nitrogens with one attached hydrogen (secondary N) is 1. The third-order valence-electron chi connectivity index (χ3n) is 4.76. The Kier molecular flexibility index (Phi) is 3.77. The second kappa shape index (κ2) is 5.86. The quantitative estimate of drug-likeness (QED) is 0.781. The van der Waals surface area contributed by atoms with Crippen molar-refractivity contribution in [2.75, 3.05) is 6.54 Å². The Morgan fingerprint density at radius 3 is 2.60 bits per heavy atom. The molecule has 4 rings (SSSR count). The van der Waals surface area contributed by atoms with Crippen molar-refractivity contribution in [1.82, 2.24) is 14.5 Å². The molecule has 0 fully saturated rings. The maximum Gasteiger partial charge on any atom is 0.276 e. The normalized spacial score (nSPS) is 15.3. The summed E-state index contributed by atoms with van der Waals surface area (Å²) in [4.78, 5) is 0. The molecule has 130 valence electrons. The van der Waals surface area contributed by atoms with Gasteiger partial charge in [0.05, 0.1) is 0 Å². The zero-order valence-corrected chi connectivity index (χ0v) is 14.9. The molecule has 1 aliphatic rings. The molecule has 0 spiro atoms. The number of nitrogens with zero attached hydrogens (tertiary/aromatic N) is 2. The first-order valence-electron chi connectivity index (χ1n) is 8.15. The average Bonchev–Trinajstić information content (AvgIpc) is 3.23. The van der Waals surface area contributed by atoms with Gasteiger partial charge in [-0.3, -0.25) is 5.10 Å². The zero-order valence-electron chi connectivity index (χ0n) is 14.1. The monoisotopic (exact) mass is 357 g/mol. The molecule has 3 heterocycles. The van der Waals surface area contributed by atoms with Crippen LogP contribution in [0.15, 0.2) is 45.9 Å². The van der Waals surface area contributed by atoms with Crippen molar-refractivity contribution in [3.63, 3.8) is 0 Å². The van der Waals surface area contributed by atoms with Crippen molar-refractivity contribution >= 4 is 10.0 Å². The number of aryl methyl sites for hydroxylation is 1. The number of hydrogen-bond acceptors (Lipinski definition) is 4. The molecule has 1 aromatic carbocycles. The molecule has 25 heavy (non-hydrogen) atoms. The number of hydrogen-bond donors (Lipinski definition) is 1. The molecule has 0 radical (unpaired) electrons. The highest BCUT2D eigenvalue weighted by molar-refractivity contribution is 7.89. The Morgan fingerprint density at radius 2 is 1.88 bits per heavy atom. The van der Waals surface area contributed by atoms with E-state index < -0.39 is 10.0 Å². The topological polar surface area (TPSA) is 79.2 Å². The van der Waals surface area contributed by atoms with Crippen LogP contribution >= 0.6 is 0 Å². The number of fused-ring (bicyclic) bond motifs is 1. The highest BCUT2D eigenvalue weighted by atomic mass is 32.2. The molecule has 0 amide bonds. The van der Waals surface area contributed by atoms with Gasteiger partial charge in [0.1, 0.15) is 5.69 Å². The van der Waals surface area contributed by atoms with E-state index in [-0.39, 0.29) is 5.09 Å². The van der Waals surface area contributed by atoms with Crippen LogP contribution in [-0.2, 0) is 23.0 Å². The third-order valence-corrected chi connectivity index (χ3v) is 6.48. The smallest absolute Gasteiger partial charge is 0.276 e. The van der Waals surface area contributed by atoms with Crippen LogP contribution in [0, 0.1) is 13.8 Å². The van der Waals surface area contributed by atoms with Gasteiger partial charge in [0, 0.05) is 24.3 Å². The largest absolute Gasteiger partial charge is 0.442 e. The summed E-state index contributed by atoms with van der Waals surface area (Å²) in [5.74, 6) is 0.456. The Labute approximate surface area is 146 Å². The highest BCUT2D eigenvalue weighted by Gasteiger charge is 2.31. The first-order chi connectivity index (χ1) is 12.0. The van der Waals surface area contributed by atoms with Crippen molar-refractivity contribution < 1.29 is 12.8 Å². The van der Waals surface area contributed by atoms with E-state index in [1.807, 2.05) is 38.1 Å². The first-order valence-corrected chi connectivity index (χ1v) is 9.59. The Balaban J connectivity index is 1.65. The Morgan fingerprint density at radius 1 is 1.12 bits per heavy atom. The fraction of sp³-hybridized carbons (Fsp3) is 0.278.